The van der Waals surface area contributed by atoms with E-state index in [0.29, 0.717) is 32.1 Å². The molecule has 21 nitrogen and oxygen atoms in total. The predicted molar refractivity (Wildman–Crippen MR) is 251 cm³/mol. The van der Waals surface area contributed by atoms with Gasteiger partial charge in [-0.05, 0) is 110 Å². The third-order valence-corrected chi connectivity index (χ3v) is 20.5. The molecule has 0 unspecified atom stereocenters. The van der Waals surface area contributed by atoms with Gasteiger partial charge in [0.05, 0.1) is 43.5 Å². The fraction of sp³-hybridized carbons (Fsp3) is 0.942. The van der Waals surface area contributed by atoms with Crippen LogP contribution >= 0.6 is 0 Å². The molecule has 9 rings (SSSR count). The third-order valence-electron chi connectivity index (χ3n) is 20.5. The van der Waals surface area contributed by atoms with Crippen LogP contribution in [0, 0.1) is 50.2 Å². The van der Waals surface area contributed by atoms with E-state index in [4.69, 9.17) is 37.9 Å². The molecule has 12 N–H and O–H groups in total. The Kier molecular flexibility index (Phi) is 15.4. The second-order valence-corrected chi connectivity index (χ2v) is 25.5. The number of carbonyl (C=O) groups excluding carboxylic acids is 1. The monoisotopic (exact) mass is 1040 g/mol. The third kappa shape index (κ3) is 9.10. The van der Waals surface area contributed by atoms with Gasteiger partial charge in [0.15, 0.2) is 18.9 Å². The van der Waals surface area contributed by atoms with Gasteiger partial charge in [-0.25, -0.2) is 0 Å². The van der Waals surface area contributed by atoms with Crippen molar-refractivity contribution in [2.45, 2.75) is 236 Å². The van der Waals surface area contributed by atoms with Crippen LogP contribution in [0.3, 0.4) is 0 Å². The van der Waals surface area contributed by atoms with Gasteiger partial charge < -0.3 is 99.2 Å². The zero-order valence-corrected chi connectivity index (χ0v) is 43.4. The minimum Gasteiger partial charge on any atom is -0.432 e. The van der Waals surface area contributed by atoms with Crippen LogP contribution in [0.5, 0.6) is 0 Å². The minimum absolute atomic E-state index is 0.0427. The maximum absolute atomic E-state index is 14.7. The second kappa shape index (κ2) is 20.0. The molecule has 0 aromatic carbocycles. The van der Waals surface area contributed by atoms with E-state index < -0.39 is 165 Å². The Morgan fingerprint density at radius 1 is 0.616 bits per heavy atom. The van der Waals surface area contributed by atoms with E-state index >= 15 is 0 Å². The van der Waals surface area contributed by atoms with Crippen LogP contribution < -0.4 is 0 Å². The van der Waals surface area contributed by atoms with Crippen molar-refractivity contribution in [1.82, 2.24) is 0 Å². The highest BCUT2D eigenvalue weighted by Crippen LogP contribution is 2.76. The van der Waals surface area contributed by atoms with Crippen molar-refractivity contribution in [3.8, 4) is 0 Å². The molecule has 4 saturated carbocycles. The first-order chi connectivity index (χ1) is 34.1. The van der Waals surface area contributed by atoms with Crippen molar-refractivity contribution in [2.24, 2.45) is 50.2 Å². The predicted octanol–water partition coefficient (Wildman–Crippen LogP) is -0.759. The van der Waals surface area contributed by atoms with Crippen molar-refractivity contribution in [2.75, 3.05) is 19.8 Å². The molecule has 0 aromatic rings. The molecule has 5 aliphatic carbocycles. The lowest BCUT2D eigenvalue weighted by molar-refractivity contribution is -0.391. The molecule has 4 heterocycles. The SMILES string of the molecule is C[C@@H]1O[C@@H](OC(=O)[C@]23CCC(C)(C)C[C@H]2C2=CC[C@@H]4[C@@]5(C)C[C@@H](O)[C@H](O[C@@H]6O[C@H](CO)[C@@H](O[C@@H]7OC[C@H](O)[C@H](O)[C@H]7O)[C@H](O)[C@H]6O[C@@H]6OC[C@@H](O)[C@H](O)[C@H]6O)C(C)(C)[C@@H]5CC[C@@]4(C)[C@]2(C)CC3)[C@H](O)[C@H](O)[C@H]1O. The number of fused-ring (bicyclic) bond motifs is 7. The van der Waals surface area contributed by atoms with Crippen molar-refractivity contribution < 1.29 is 104 Å². The summed E-state index contributed by atoms with van der Waals surface area (Å²) in [6.07, 6.45) is -21.6. The number of allylic oxidation sites excluding steroid dienone is 2. The molecule has 0 spiro atoms. The summed E-state index contributed by atoms with van der Waals surface area (Å²) in [7, 11) is 0. The molecule has 73 heavy (non-hydrogen) atoms. The number of hydrogen-bond acceptors (Lipinski definition) is 21. The van der Waals surface area contributed by atoms with Gasteiger partial charge in [-0.15, -0.1) is 0 Å². The number of esters is 1. The van der Waals surface area contributed by atoms with Gasteiger partial charge in [0.25, 0.3) is 0 Å². The van der Waals surface area contributed by atoms with Crippen molar-refractivity contribution in [1.29, 1.82) is 0 Å². The van der Waals surface area contributed by atoms with Crippen LogP contribution in [0.15, 0.2) is 11.6 Å². The van der Waals surface area contributed by atoms with E-state index in [-0.39, 0.29) is 34.0 Å². The molecular weight excluding hydrogens is 961 g/mol. The number of aliphatic hydroxyl groups is 12. The zero-order chi connectivity index (χ0) is 53.3. The largest absolute Gasteiger partial charge is 0.432 e. The number of rotatable bonds is 9. The van der Waals surface area contributed by atoms with Crippen LogP contribution in [0.25, 0.3) is 0 Å². The van der Waals surface area contributed by atoms with Gasteiger partial charge in [0, 0.05) is 0 Å². The summed E-state index contributed by atoms with van der Waals surface area (Å²) >= 11 is 0. The van der Waals surface area contributed by atoms with E-state index in [1.807, 2.05) is 13.8 Å². The fourth-order valence-corrected chi connectivity index (χ4v) is 16.1. The molecule has 4 aliphatic heterocycles. The number of hydrogen-bond donors (Lipinski definition) is 12. The Morgan fingerprint density at radius 2 is 1.21 bits per heavy atom. The second-order valence-electron chi connectivity index (χ2n) is 25.5. The molecule has 27 atom stereocenters. The highest BCUT2D eigenvalue weighted by Gasteiger charge is 2.71. The Morgan fingerprint density at radius 3 is 1.82 bits per heavy atom. The lowest BCUT2D eigenvalue weighted by Crippen LogP contribution is -2.69. The standard InChI is InChI=1S/C52H84O21/c1-22-31(57)34(60)37(63)44(68-22)73-46(65)52-15-13-47(2,3)17-24(52)23-9-10-30-49(6)18-25(54)41(48(4,5)29(49)11-12-51(30,8)50(23,7)14-16-52)72-45-40(71-43-36(62)33(59)27(56)21-67-43)38(64)39(28(19-53)69-45)70-42-35(61)32(58)26(55)20-66-42/h9,22,24-45,53-64H,10-21H2,1-8H3/t22-,24-,25+,26-,27+,28+,29-,30+,31-,32-,33-,34+,35+,36+,37+,38-,39+,40+,41-,42-,43-,44-,45-,49-,50+,51+,52-/m0/s1. The maximum atomic E-state index is 14.7. The highest BCUT2D eigenvalue weighted by molar-refractivity contribution is 5.79. The van der Waals surface area contributed by atoms with Gasteiger partial charge >= 0.3 is 5.97 Å². The first kappa shape index (κ1) is 56.2. The number of carbonyl (C=O) groups is 1. The van der Waals surface area contributed by atoms with Crippen LogP contribution in [-0.4, -0.2) is 210 Å². The fourth-order valence-electron chi connectivity index (χ4n) is 16.1. The smallest absolute Gasteiger partial charge is 0.315 e. The van der Waals surface area contributed by atoms with Crippen LogP contribution in [0.4, 0.5) is 0 Å². The highest BCUT2D eigenvalue weighted by atomic mass is 16.8. The Hall–Kier alpha value is -1.55. The molecule has 418 valence electrons. The van der Waals surface area contributed by atoms with Crippen LogP contribution in [0.1, 0.15) is 113 Å². The number of ether oxygens (including phenoxy) is 8. The molecular formula is C52H84O21. The van der Waals surface area contributed by atoms with E-state index in [2.05, 4.69) is 40.7 Å². The van der Waals surface area contributed by atoms with E-state index in [0.717, 1.165) is 25.7 Å². The summed E-state index contributed by atoms with van der Waals surface area (Å²) in [5.41, 5.74) is -1.64. The Bertz CT molecular complexity index is 2020. The maximum Gasteiger partial charge on any atom is 0.315 e. The topological polar surface area (TPSA) is 334 Å². The van der Waals surface area contributed by atoms with Gasteiger partial charge in [-0.3, -0.25) is 4.79 Å². The number of aliphatic hydroxyl groups excluding tert-OH is 12. The average Bonchev–Trinajstić information content (AvgIpc) is 3.32. The zero-order valence-electron chi connectivity index (χ0n) is 43.4. The summed E-state index contributed by atoms with van der Waals surface area (Å²) in [5, 5.41) is 130. The molecule has 4 saturated heterocycles. The van der Waals surface area contributed by atoms with Crippen molar-refractivity contribution in [3.63, 3.8) is 0 Å². The minimum atomic E-state index is -1.80. The summed E-state index contributed by atoms with van der Waals surface area (Å²) in [6, 6.07) is 0. The lowest BCUT2D eigenvalue weighted by Gasteiger charge is -2.71. The summed E-state index contributed by atoms with van der Waals surface area (Å²) in [6.45, 7) is 15.5. The van der Waals surface area contributed by atoms with Crippen molar-refractivity contribution >= 4 is 5.97 Å². The normalized spacial score (nSPS) is 54.7. The van der Waals surface area contributed by atoms with Gasteiger partial charge in [-0.1, -0.05) is 60.1 Å². The Balaban J connectivity index is 0.983. The molecule has 0 bridgehead atoms. The summed E-state index contributed by atoms with van der Waals surface area (Å²) in [5.74, 6) is -0.608. The van der Waals surface area contributed by atoms with Crippen LogP contribution in [0.2, 0.25) is 0 Å². The van der Waals surface area contributed by atoms with E-state index in [9.17, 15) is 66.1 Å². The van der Waals surface area contributed by atoms with E-state index in [1.54, 1.807) is 6.92 Å². The van der Waals surface area contributed by atoms with Crippen LogP contribution in [-0.2, 0) is 42.7 Å². The molecule has 9 aliphatic rings. The first-order valence-electron chi connectivity index (χ1n) is 26.6. The lowest BCUT2D eigenvalue weighted by atomic mass is 9.33. The van der Waals surface area contributed by atoms with Crippen molar-refractivity contribution in [3.05, 3.63) is 11.6 Å². The Labute approximate surface area is 426 Å². The quantitative estimate of drug-likeness (QED) is 0.0767. The van der Waals surface area contributed by atoms with Gasteiger partial charge in [0.1, 0.15) is 79.4 Å². The van der Waals surface area contributed by atoms with E-state index in [1.165, 1.54) is 5.57 Å². The van der Waals surface area contributed by atoms with Gasteiger partial charge in [0.2, 0.25) is 6.29 Å². The first-order valence-corrected chi connectivity index (χ1v) is 26.6. The molecule has 0 radical (unpaired) electrons. The summed E-state index contributed by atoms with van der Waals surface area (Å²) < 4.78 is 48.1. The average molecular weight is 1050 g/mol. The molecule has 0 amide bonds. The molecule has 21 heteroatoms. The molecule has 0 aromatic heterocycles. The summed E-state index contributed by atoms with van der Waals surface area (Å²) in [4.78, 5) is 14.7. The van der Waals surface area contributed by atoms with Gasteiger partial charge in [-0.2, -0.15) is 0 Å². The molecule has 8 fully saturated rings.